The summed E-state index contributed by atoms with van der Waals surface area (Å²) in [5.74, 6) is 2.18. The monoisotopic (exact) mass is 226 g/mol. The molecule has 4 nitrogen and oxygen atoms in total. The van der Waals surface area contributed by atoms with Crippen LogP contribution in [0.1, 0.15) is 26.7 Å². The first kappa shape index (κ1) is 14.9. The van der Waals surface area contributed by atoms with Gasteiger partial charge in [0.1, 0.15) is 0 Å². The molecule has 0 aliphatic rings. The normalized spacial score (nSPS) is 12.9. The van der Waals surface area contributed by atoms with Crippen molar-refractivity contribution in [2.45, 2.75) is 32.7 Å². The third kappa shape index (κ3) is 6.44. The molecule has 1 unspecified atom stereocenters. The van der Waals surface area contributed by atoms with Crippen molar-refractivity contribution in [3.05, 3.63) is 0 Å². The molecule has 0 spiro atoms. The predicted octanol–water partition coefficient (Wildman–Crippen LogP) is 0.516. The van der Waals surface area contributed by atoms with Crippen LogP contribution in [0.3, 0.4) is 0 Å². The lowest BCUT2D eigenvalue weighted by atomic mass is 9.89. The average molecular weight is 226 g/mol. The maximum Gasteiger partial charge on any atom is 0.237 e. The number of rotatable bonds is 7. The van der Waals surface area contributed by atoms with Gasteiger partial charge in [-0.3, -0.25) is 4.79 Å². The number of hydrogen-bond acceptors (Lipinski definition) is 3. The smallest absolute Gasteiger partial charge is 0.237 e. The molecule has 0 radical (unpaired) electrons. The van der Waals surface area contributed by atoms with Gasteiger partial charge in [-0.25, -0.2) is 0 Å². The molecule has 0 aromatic rings. The molecule has 0 aliphatic heterocycles. The summed E-state index contributed by atoms with van der Waals surface area (Å²) in [7, 11) is 1.66. The molecule has 0 fully saturated rings. The second kappa shape index (κ2) is 7.26. The maximum atomic E-state index is 11.5. The zero-order chi connectivity index (χ0) is 12.6. The third-order valence-electron chi connectivity index (χ3n) is 2.40. The van der Waals surface area contributed by atoms with Crippen LogP contribution in [0.15, 0.2) is 0 Å². The van der Waals surface area contributed by atoms with Crippen LogP contribution in [-0.4, -0.2) is 32.2 Å². The van der Waals surface area contributed by atoms with Crippen molar-refractivity contribution >= 4 is 5.91 Å². The van der Waals surface area contributed by atoms with Crippen LogP contribution < -0.4 is 11.1 Å². The van der Waals surface area contributed by atoms with E-state index in [1.54, 1.807) is 7.11 Å². The summed E-state index contributed by atoms with van der Waals surface area (Å²) in [6.07, 6.45) is 6.24. The van der Waals surface area contributed by atoms with Crippen LogP contribution >= 0.6 is 0 Å². The van der Waals surface area contributed by atoms with E-state index >= 15 is 0 Å². The molecule has 0 saturated carbocycles. The summed E-state index contributed by atoms with van der Waals surface area (Å²) in [6, 6.07) is -0.608. The molecular weight excluding hydrogens is 204 g/mol. The molecule has 0 saturated heterocycles. The molecule has 0 bridgehead atoms. The molecule has 92 valence electrons. The van der Waals surface area contributed by atoms with Gasteiger partial charge in [0.25, 0.3) is 0 Å². The van der Waals surface area contributed by atoms with E-state index in [0.29, 0.717) is 13.2 Å². The lowest BCUT2D eigenvalue weighted by molar-refractivity contribution is -0.122. The Morgan fingerprint density at radius 2 is 2.25 bits per heavy atom. The molecule has 3 N–H and O–H groups in total. The molecule has 1 amide bonds. The number of ether oxygens (including phenoxy) is 1. The zero-order valence-corrected chi connectivity index (χ0v) is 10.4. The Hall–Kier alpha value is -1.05. The van der Waals surface area contributed by atoms with E-state index in [-0.39, 0.29) is 17.7 Å². The summed E-state index contributed by atoms with van der Waals surface area (Å²) in [6.45, 7) is 5.39. The van der Waals surface area contributed by atoms with Gasteiger partial charge in [0, 0.05) is 26.7 Å². The van der Waals surface area contributed by atoms with Crippen LogP contribution in [0.4, 0.5) is 0 Å². The molecule has 0 rings (SSSR count). The number of carbonyl (C=O) groups is 1. The second-order valence-electron chi connectivity index (χ2n) is 4.64. The van der Waals surface area contributed by atoms with Crippen molar-refractivity contribution in [3.63, 3.8) is 0 Å². The van der Waals surface area contributed by atoms with Crippen LogP contribution in [0, 0.1) is 17.8 Å². The summed E-state index contributed by atoms with van der Waals surface area (Å²) in [4.78, 5) is 11.5. The van der Waals surface area contributed by atoms with Gasteiger partial charge in [0.15, 0.2) is 0 Å². The molecule has 0 aliphatic carbocycles. The molecule has 0 aromatic heterocycles. The van der Waals surface area contributed by atoms with Gasteiger partial charge in [0.05, 0.1) is 6.04 Å². The molecule has 4 heteroatoms. The van der Waals surface area contributed by atoms with Crippen molar-refractivity contribution in [2.24, 2.45) is 11.1 Å². The Labute approximate surface area is 97.9 Å². The summed E-state index contributed by atoms with van der Waals surface area (Å²) in [5, 5.41) is 2.80. The van der Waals surface area contributed by atoms with Gasteiger partial charge in [-0.15, -0.1) is 12.3 Å². The molecule has 16 heavy (non-hydrogen) atoms. The molecule has 1 atom stereocenters. The topological polar surface area (TPSA) is 64.4 Å². The highest BCUT2D eigenvalue weighted by molar-refractivity contribution is 5.81. The van der Waals surface area contributed by atoms with Gasteiger partial charge >= 0.3 is 0 Å². The number of amides is 1. The van der Waals surface area contributed by atoms with E-state index in [0.717, 1.165) is 6.42 Å². The highest BCUT2D eigenvalue weighted by Crippen LogP contribution is 2.18. The van der Waals surface area contributed by atoms with E-state index in [4.69, 9.17) is 16.9 Å². The number of nitrogens with one attached hydrogen (secondary N) is 1. The van der Waals surface area contributed by atoms with Crippen molar-refractivity contribution in [2.75, 3.05) is 20.3 Å². The van der Waals surface area contributed by atoms with E-state index in [1.807, 2.05) is 0 Å². The first-order chi connectivity index (χ1) is 7.43. The molecular formula is C12H22N2O2. The van der Waals surface area contributed by atoms with Gasteiger partial charge in [0.2, 0.25) is 5.91 Å². The maximum absolute atomic E-state index is 11.5. The Kier molecular flexibility index (Phi) is 6.78. The van der Waals surface area contributed by atoms with E-state index in [1.165, 1.54) is 0 Å². The Bertz CT molecular complexity index is 256. The Balaban J connectivity index is 3.94. The van der Waals surface area contributed by atoms with Crippen LogP contribution in [0.2, 0.25) is 0 Å². The second-order valence-corrected chi connectivity index (χ2v) is 4.64. The quantitative estimate of drug-likeness (QED) is 0.622. The standard InChI is InChI=1S/C12H22N2O2/c1-5-6-10(13)11(15)14-9-12(2,3)7-8-16-4/h1,10H,6-9,13H2,2-4H3,(H,14,15). The van der Waals surface area contributed by atoms with Crippen LogP contribution in [0.25, 0.3) is 0 Å². The lowest BCUT2D eigenvalue weighted by Gasteiger charge is -2.25. The molecule has 0 heterocycles. The van der Waals surface area contributed by atoms with Gasteiger partial charge in [-0.1, -0.05) is 13.8 Å². The molecule has 0 aromatic carbocycles. The number of methoxy groups -OCH3 is 1. The highest BCUT2D eigenvalue weighted by Gasteiger charge is 2.20. The average Bonchev–Trinajstić information content (AvgIpc) is 2.23. The fourth-order valence-corrected chi connectivity index (χ4v) is 1.14. The fraction of sp³-hybridized carbons (Fsp3) is 0.750. The first-order valence-corrected chi connectivity index (χ1v) is 5.38. The van der Waals surface area contributed by atoms with Crippen molar-refractivity contribution in [3.8, 4) is 12.3 Å². The fourth-order valence-electron chi connectivity index (χ4n) is 1.14. The van der Waals surface area contributed by atoms with Crippen molar-refractivity contribution < 1.29 is 9.53 Å². The van der Waals surface area contributed by atoms with Gasteiger partial charge < -0.3 is 15.8 Å². The summed E-state index contributed by atoms with van der Waals surface area (Å²) < 4.78 is 5.01. The van der Waals surface area contributed by atoms with Crippen molar-refractivity contribution in [1.82, 2.24) is 5.32 Å². The van der Waals surface area contributed by atoms with E-state index < -0.39 is 6.04 Å². The third-order valence-corrected chi connectivity index (χ3v) is 2.40. The number of carbonyl (C=O) groups excluding carboxylic acids is 1. The number of terminal acetylenes is 1. The summed E-state index contributed by atoms with van der Waals surface area (Å²) in [5.41, 5.74) is 5.58. The van der Waals surface area contributed by atoms with Gasteiger partial charge in [-0.2, -0.15) is 0 Å². The lowest BCUT2D eigenvalue weighted by Crippen LogP contribution is -2.44. The van der Waals surface area contributed by atoms with Crippen LogP contribution in [-0.2, 0) is 9.53 Å². The number of hydrogen-bond donors (Lipinski definition) is 2. The first-order valence-electron chi connectivity index (χ1n) is 5.38. The minimum atomic E-state index is -0.608. The van der Waals surface area contributed by atoms with E-state index in [2.05, 4.69) is 25.1 Å². The Morgan fingerprint density at radius 3 is 2.75 bits per heavy atom. The summed E-state index contributed by atoms with van der Waals surface area (Å²) >= 11 is 0. The highest BCUT2D eigenvalue weighted by atomic mass is 16.5. The van der Waals surface area contributed by atoms with Crippen molar-refractivity contribution in [1.29, 1.82) is 0 Å². The minimum Gasteiger partial charge on any atom is -0.385 e. The SMILES string of the molecule is C#CCC(N)C(=O)NCC(C)(C)CCOC. The van der Waals surface area contributed by atoms with Crippen LogP contribution in [0.5, 0.6) is 0 Å². The Morgan fingerprint density at radius 1 is 1.62 bits per heavy atom. The van der Waals surface area contributed by atoms with E-state index in [9.17, 15) is 4.79 Å². The largest absolute Gasteiger partial charge is 0.385 e. The zero-order valence-electron chi connectivity index (χ0n) is 10.4. The number of nitrogens with two attached hydrogens (primary N) is 1. The van der Waals surface area contributed by atoms with Gasteiger partial charge in [-0.05, 0) is 11.8 Å². The predicted molar refractivity (Wildman–Crippen MR) is 64.7 cm³/mol. The minimum absolute atomic E-state index is 0.00152.